The third-order valence-electron chi connectivity index (χ3n) is 5.82. The van der Waals surface area contributed by atoms with Gasteiger partial charge in [-0.25, -0.2) is 8.78 Å². The first kappa shape index (κ1) is 26.4. The summed E-state index contributed by atoms with van der Waals surface area (Å²) in [7, 11) is 0. The number of nitrogen functional groups attached to an aromatic ring is 1. The molecule has 1 aromatic heterocycles. The molecule has 0 bridgehead atoms. The molecule has 0 aliphatic rings. The smallest absolute Gasteiger partial charge is 0.273 e. The SMILES string of the molecule is Cc1ccccc1N(C(=O)c1snc(C(N)=O)c1N)C(C(=O)NCc1ccc(F)cc1)c1ccc(F)cc1. The number of amides is 3. The lowest BCUT2D eigenvalue weighted by Crippen LogP contribution is -2.44. The number of nitrogens with one attached hydrogen (secondary N) is 1. The molecule has 4 aromatic rings. The molecule has 0 saturated carbocycles. The molecular formula is C27H23F2N5O3S. The highest BCUT2D eigenvalue weighted by Crippen LogP contribution is 2.34. The van der Waals surface area contributed by atoms with Crippen LogP contribution in [0.1, 0.15) is 42.9 Å². The van der Waals surface area contributed by atoms with Crippen LogP contribution in [-0.4, -0.2) is 22.1 Å². The highest BCUT2D eigenvalue weighted by molar-refractivity contribution is 7.09. The molecule has 38 heavy (non-hydrogen) atoms. The van der Waals surface area contributed by atoms with E-state index < -0.39 is 35.4 Å². The molecule has 0 saturated heterocycles. The Morgan fingerprint density at radius 2 is 1.58 bits per heavy atom. The van der Waals surface area contributed by atoms with Crippen LogP contribution in [0.15, 0.2) is 72.8 Å². The van der Waals surface area contributed by atoms with Crippen molar-refractivity contribution < 1.29 is 23.2 Å². The van der Waals surface area contributed by atoms with E-state index in [9.17, 15) is 23.2 Å². The van der Waals surface area contributed by atoms with Gasteiger partial charge in [-0.3, -0.25) is 19.3 Å². The molecule has 5 N–H and O–H groups in total. The standard InChI is InChI=1S/C27H23F2N5O3S/c1-15-4-2-3-5-20(15)34(27(37)24-21(30)22(25(31)35)33-38-24)23(17-8-12-19(29)13-9-17)26(36)32-14-16-6-10-18(28)11-7-16/h2-13,23H,14,30H2,1H3,(H2,31,35)(H,32,36). The van der Waals surface area contributed by atoms with Gasteiger partial charge in [-0.1, -0.05) is 42.5 Å². The molecule has 1 unspecified atom stereocenters. The van der Waals surface area contributed by atoms with Gasteiger partial charge in [0.05, 0.1) is 5.69 Å². The van der Waals surface area contributed by atoms with Gasteiger partial charge in [-0.05, 0) is 65.5 Å². The molecule has 3 aromatic carbocycles. The minimum Gasteiger partial charge on any atom is -0.395 e. The topological polar surface area (TPSA) is 131 Å². The van der Waals surface area contributed by atoms with Crippen molar-refractivity contribution >= 4 is 40.6 Å². The molecule has 4 rings (SSSR count). The highest BCUT2D eigenvalue weighted by Gasteiger charge is 2.36. The van der Waals surface area contributed by atoms with Gasteiger partial charge in [0.25, 0.3) is 11.8 Å². The Balaban J connectivity index is 1.82. The summed E-state index contributed by atoms with van der Waals surface area (Å²) >= 11 is 0.686. The van der Waals surface area contributed by atoms with Crippen molar-refractivity contribution in [2.45, 2.75) is 19.5 Å². The van der Waals surface area contributed by atoms with Gasteiger partial charge in [0.2, 0.25) is 5.91 Å². The molecule has 1 heterocycles. The Morgan fingerprint density at radius 1 is 0.974 bits per heavy atom. The van der Waals surface area contributed by atoms with Crippen LogP contribution in [0.5, 0.6) is 0 Å². The van der Waals surface area contributed by atoms with Gasteiger partial charge >= 0.3 is 0 Å². The lowest BCUT2D eigenvalue weighted by molar-refractivity contribution is -0.122. The Labute approximate surface area is 221 Å². The quantitative estimate of drug-likeness (QED) is 0.312. The van der Waals surface area contributed by atoms with Gasteiger partial charge < -0.3 is 16.8 Å². The zero-order valence-corrected chi connectivity index (χ0v) is 21.0. The van der Waals surface area contributed by atoms with E-state index in [-0.39, 0.29) is 22.8 Å². The zero-order valence-electron chi connectivity index (χ0n) is 20.2. The lowest BCUT2D eigenvalue weighted by atomic mass is 10.0. The first-order chi connectivity index (χ1) is 18.2. The van der Waals surface area contributed by atoms with Gasteiger partial charge in [-0.2, -0.15) is 4.37 Å². The predicted molar refractivity (Wildman–Crippen MR) is 140 cm³/mol. The average Bonchev–Trinajstić information content (AvgIpc) is 3.29. The summed E-state index contributed by atoms with van der Waals surface area (Å²) in [6, 6.07) is 16.4. The molecule has 0 radical (unpaired) electrons. The summed E-state index contributed by atoms with van der Waals surface area (Å²) < 4.78 is 31.1. The Morgan fingerprint density at radius 3 is 2.16 bits per heavy atom. The number of carbonyl (C=O) groups excluding carboxylic acids is 3. The number of para-hydroxylation sites is 1. The normalized spacial score (nSPS) is 11.6. The number of aryl methyl sites for hydroxylation is 1. The van der Waals surface area contributed by atoms with E-state index in [0.717, 1.165) is 0 Å². The first-order valence-electron chi connectivity index (χ1n) is 11.4. The fourth-order valence-electron chi connectivity index (χ4n) is 3.89. The second-order valence-electron chi connectivity index (χ2n) is 8.40. The summed E-state index contributed by atoms with van der Waals surface area (Å²) in [5.74, 6) is -3.12. The average molecular weight is 536 g/mol. The van der Waals surface area contributed by atoms with Crippen LogP contribution in [0.4, 0.5) is 20.2 Å². The lowest BCUT2D eigenvalue weighted by Gasteiger charge is -2.32. The van der Waals surface area contributed by atoms with Crippen molar-refractivity contribution in [1.29, 1.82) is 0 Å². The van der Waals surface area contributed by atoms with Gasteiger partial charge in [0.1, 0.15) is 22.6 Å². The summed E-state index contributed by atoms with van der Waals surface area (Å²) in [5, 5.41) is 2.78. The van der Waals surface area contributed by atoms with Crippen molar-refractivity contribution in [2.75, 3.05) is 10.6 Å². The van der Waals surface area contributed by atoms with E-state index in [0.29, 0.717) is 33.9 Å². The first-order valence-corrected chi connectivity index (χ1v) is 12.2. The number of carbonyl (C=O) groups is 3. The monoisotopic (exact) mass is 535 g/mol. The fraction of sp³-hybridized carbons (Fsp3) is 0.111. The maximum atomic E-state index is 14.0. The van der Waals surface area contributed by atoms with Crippen LogP contribution in [0.3, 0.4) is 0 Å². The molecular weight excluding hydrogens is 512 g/mol. The van der Waals surface area contributed by atoms with Crippen molar-refractivity contribution in [3.05, 3.63) is 112 Å². The number of aromatic nitrogens is 1. The van der Waals surface area contributed by atoms with Gasteiger partial charge in [-0.15, -0.1) is 0 Å². The number of rotatable bonds is 8. The molecule has 3 amide bonds. The molecule has 8 nitrogen and oxygen atoms in total. The van der Waals surface area contributed by atoms with E-state index in [1.807, 2.05) is 0 Å². The maximum absolute atomic E-state index is 14.0. The number of primary amides is 1. The summed E-state index contributed by atoms with van der Waals surface area (Å²) in [5.41, 5.74) is 12.9. The van der Waals surface area contributed by atoms with E-state index in [2.05, 4.69) is 9.69 Å². The zero-order chi connectivity index (χ0) is 27.4. The molecule has 1 atom stereocenters. The van der Waals surface area contributed by atoms with Crippen LogP contribution in [0, 0.1) is 18.6 Å². The van der Waals surface area contributed by atoms with Crippen molar-refractivity contribution in [3.8, 4) is 0 Å². The molecule has 0 spiro atoms. The van der Waals surface area contributed by atoms with Crippen LogP contribution in [-0.2, 0) is 11.3 Å². The minimum atomic E-state index is -1.27. The van der Waals surface area contributed by atoms with Crippen LogP contribution < -0.4 is 21.7 Å². The number of hydrogen-bond acceptors (Lipinski definition) is 6. The minimum absolute atomic E-state index is 0.0428. The second-order valence-corrected chi connectivity index (χ2v) is 9.17. The number of hydrogen-bond donors (Lipinski definition) is 3. The maximum Gasteiger partial charge on any atom is 0.273 e. The highest BCUT2D eigenvalue weighted by atomic mass is 32.1. The van der Waals surface area contributed by atoms with E-state index in [1.165, 1.54) is 53.4 Å². The summed E-state index contributed by atoms with van der Waals surface area (Å²) in [4.78, 5) is 40.6. The Hall–Kier alpha value is -4.64. The van der Waals surface area contributed by atoms with Crippen molar-refractivity contribution in [3.63, 3.8) is 0 Å². The number of halogens is 2. The number of nitrogens with zero attached hydrogens (tertiary/aromatic N) is 2. The van der Waals surface area contributed by atoms with E-state index in [1.54, 1.807) is 31.2 Å². The molecule has 0 aliphatic carbocycles. The van der Waals surface area contributed by atoms with Crippen molar-refractivity contribution in [1.82, 2.24) is 9.69 Å². The van der Waals surface area contributed by atoms with E-state index in [4.69, 9.17) is 11.5 Å². The molecule has 194 valence electrons. The number of benzene rings is 3. The van der Waals surface area contributed by atoms with Crippen LogP contribution in [0.25, 0.3) is 0 Å². The third kappa shape index (κ3) is 5.52. The van der Waals surface area contributed by atoms with Crippen LogP contribution >= 0.6 is 11.5 Å². The molecule has 0 fully saturated rings. The second kappa shape index (κ2) is 11.2. The predicted octanol–water partition coefficient (Wildman–Crippen LogP) is 4.12. The molecule has 0 aliphatic heterocycles. The summed E-state index contributed by atoms with van der Waals surface area (Å²) in [6.45, 7) is 1.81. The Kier molecular flexibility index (Phi) is 7.77. The van der Waals surface area contributed by atoms with Crippen LogP contribution in [0.2, 0.25) is 0 Å². The van der Waals surface area contributed by atoms with E-state index >= 15 is 0 Å². The fourth-order valence-corrected chi connectivity index (χ4v) is 4.63. The van der Waals surface area contributed by atoms with Gasteiger partial charge in [0, 0.05) is 12.2 Å². The Bertz CT molecular complexity index is 1490. The van der Waals surface area contributed by atoms with Crippen molar-refractivity contribution in [2.24, 2.45) is 5.73 Å². The van der Waals surface area contributed by atoms with Gasteiger partial charge in [0.15, 0.2) is 5.69 Å². The number of nitrogens with two attached hydrogens (primary N) is 2. The molecule has 11 heteroatoms. The summed E-state index contributed by atoms with van der Waals surface area (Å²) in [6.07, 6.45) is 0. The number of anilines is 2. The third-order valence-corrected chi connectivity index (χ3v) is 6.67. The largest absolute Gasteiger partial charge is 0.395 e.